The SMILES string of the molecule is CCc1ccccc1CNc1nc(Nc2cnn(C3CC3)c2)ncc1C(=O)O. The topological polar surface area (TPSA) is 105 Å². The number of hydrogen-bond acceptors (Lipinski definition) is 6. The second-order valence-corrected chi connectivity index (χ2v) is 6.80. The number of carboxylic acids is 1. The summed E-state index contributed by atoms with van der Waals surface area (Å²) in [5, 5.41) is 20.0. The van der Waals surface area contributed by atoms with Crippen LogP contribution < -0.4 is 10.6 Å². The van der Waals surface area contributed by atoms with Crippen molar-refractivity contribution in [2.75, 3.05) is 10.6 Å². The summed E-state index contributed by atoms with van der Waals surface area (Å²) in [5.74, 6) is -0.462. The lowest BCUT2D eigenvalue weighted by atomic mass is 10.1. The largest absolute Gasteiger partial charge is 0.477 e. The molecule has 1 aromatic carbocycles. The van der Waals surface area contributed by atoms with E-state index in [1.807, 2.05) is 29.1 Å². The fourth-order valence-corrected chi connectivity index (χ4v) is 3.06. The van der Waals surface area contributed by atoms with Gasteiger partial charge in [0.1, 0.15) is 11.4 Å². The van der Waals surface area contributed by atoms with Crippen LogP contribution >= 0.6 is 0 Å². The molecule has 0 atom stereocenters. The van der Waals surface area contributed by atoms with Crippen molar-refractivity contribution < 1.29 is 9.90 Å². The van der Waals surface area contributed by atoms with Crippen LogP contribution in [0.4, 0.5) is 17.5 Å². The Morgan fingerprint density at radius 3 is 2.75 bits per heavy atom. The van der Waals surface area contributed by atoms with Gasteiger partial charge in [0.15, 0.2) is 0 Å². The number of carboxylic acid groups (broad SMARTS) is 1. The Bertz CT molecular complexity index is 996. The summed E-state index contributed by atoms with van der Waals surface area (Å²) in [5.41, 5.74) is 3.14. The van der Waals surface area contributed by atoms with Crippen molar-refractivity contribution in [3.63, 3.8) is 0 Å². The van der Waals surface area contributed by atoms with E-state index in [-0.39, 0.29) is 11.4 Å². The maximum absolute atomic E-state index is 11.6. The third-order valence-electron chi connectivity index (χ3n) is 4.74. The van der Waals surface area contributed by atoms with E-state index < -0.39 is 5.97 Å². The highest BCUT2D eigenvalue weighted by atomic mass is 16.4. The highest BCUT2D eigenvalue weighted by molar-refractivity contribution is 5.93. The van der Waals surface area contributed by atoms with Crippen LogP contribution in [-0.4, -0.2) is 30.8 Å². The molecule has 0 aliphatic heterocycles. The number of anilines is 3. The van der Waals surface area contributed by atoms with Gasteiger partial charge in [-0.15, -0.1) is 0 Å². The molecule has 1 fully saturated rings. The minimum absolute atomic E-state index is 0.0354. The second-order valence-electron chi connectivity index (χ2n) is 6.80. The molecule has 0 bridgehead atoms. The third kappa shape index (κ3) is 3.95. The molecule has 8 nitrogen and oxygen atoms in total. The molecule has 2 aromatic heterocycles. The van der Waals surface area contributed by atoms with Gasteiger partial charge in [-0.3, -0.25) is 4.68 Å². The molecule has 3 N–H and O–H groups in total. The molecule has 3 aromatic rings. The molecule has 1 aliphatic carbocycles. The van der Waals surface area contributed by atoms with E-state index in [2.05, 4.69) is 38.7 Å². The smallest absolute Gasteiger partial charge is 0.341 e. The Morgan fingerprint density at radius 2 is 2.04 bits per heavy atom. The molecular weight excluding hydrogens is 356 g/mol. The lowest BCUT2D eigenvalue weighted by Gasteiger charge is -2.12. The van der Waals surface area contributed by atoms with E-state index in [4.69, 9.17) is 0 Å². The Hall–Kier alpha value is -3.42. The van der Waals surface area contributed by atoms with Gasteiger partial charge in [-0.05, 0) is 30.4 Å². The van der Waals surface area contributed by atoms with Crippen LogP contribution in [0.15, 0.2) is 42.9 Å². The zero-order chi connectivity index (χ0) is 19.5. The Balaban J connectivity index is 1.53. The van der Waals surface area contributed by atoms with Gasteiger partial charge < -0.3 is 15.7 Å². The van der Waals surface area contributed by atoms with Crippen LogP contribution in [0.3, 0.4) is 0 Å². The van der Waals surface area contributed by atoms with Gasteiger partial charge in [-0.1, -0.05) is 31.2 Å². The first-order chi connectivity index (χ1) is 13.6. The quantitative estimate of drug-likeness (QED) is 0.550. The van der Waals surface area contributed by atoms with E-state index >= 15 is 0 Å². The van der Waals surface area contributed by atoms with Gasteiger partial charge >= 0.3 is 5.97 Å². The van der Waals surface area contributed by atoms with Crippen LogP contribution in [0, 0.1) is 0 Å². The lowest BCUT2D eigenvalue weighted by molar-refractivity contribution is 0.0697. The van der Waals surface area contributed by atoms with Crippen LogP contribution in [0.2, 0.25) is 0 Å². The molecule has 2 heterocycles. The average molecular weight is 378 g/mol. The Kier molecular flexibility index (Phi) is 4.92. The summed E-state index contributed by atoms with van der Waals surface area (Å²) in [6.07, 6.45) is 8.16. The molecule has 1 aliphatic rings. The summed E-state index contributed by atoms with van der Waals surface area (Å²) < 4.78 is 1.93. The van der Waals surface area contributed by atoms with Crippen LogP contribution in [0.5, 0.6) is 0 Å². The molecular formula is C20H22N6O2. The lowest BCUT2D eigenvalue weighted by Crippen LogP contribution is -2.11. The van der Waals surface area contributed by atoms with Gasteiger partial charge in [0.25, 0.3) is 0 Å². The first kappa shape index (κ1) is 18.0. The fourth-order valence-electron chi connectivity index (χ4n) is 3.06. The maximum Gasteiger partial charge on any atom is 0.341 e. The number of rotatable bonds is 8. The van der Waals surface area contributed by atoms with Crippen molar-refractivity contribution in [2.45, 2.75) is 38.8 Å². The zero-order valence-electron chi connectivity index (χ0n) is 15.6. The summed E-state index contributed by atoms with van der Waals surface area (Å²) in [7, 11) is 0. The number of nitrogens with zero attached hydrogens (tertiary/aromatic N) is 4. The van der Waals surface area contributed by atoms with E-state index in [0.717, 1.165) is 30.5 Å². The van der Waals surface area contributed by atoms with Gasteiger partial charge in [-0.2, -0.15) is 10.1 Å². The molecule has 4 rings (SSSR count). The summed E-state index contributed by atoms with van der Waals surface area (Å²) in [6, 6.07) is 8.55. The molecule has 0 unspecified atom stereocenters. The minimum Gasteiger partial charge on any atom is -0.477 e. The van der Waals surface area contributed by atoms with Crippen LogP contribution in [0.1, 0.15) is 47.3 Å². The van der Waals surface area contributed by atoms with Crippen molar-refractivity contribution >= 4 is 23.4 Å². The molecule has 144 valence electrons. The van der Waals surface area contributed by atoms with Gasteiger partial charge in [-0.25, -0.2) is 9.78 Å². The third-order valence-corrected chi connectivity index (χ3v) is 4.74. The van der Waals surface area contributed by atoms with Gasteiger partial charge in [0, 0.05) is 18.9 Å². The fraction of sp³-hybridized carbons (Fsp3) is 0.300. The standard InChI is InChI=1S/C20H22N6O2/c1-2-13-5-3-4-6-14(13)9-21-18-17(19(27)28)11-22-20(25-18)24-15-10-23-26(12-15)16-7-8-16/h3-6,10-12,16H,2,7-9H2,1H3,(H,27,28)(H2,21,22,24,25). The van der Waals surface area contributed by atoms with Crippen molar-refractivity contribution in [2.24, 2.45) is 0 Å². The van der Waals surface area contributed by atoms with E-state index in [0.29, 0.717) is 18.5 Å². The number of aromatic carboxylic acids is 1. The first-order valence-corrected chi connectivity index (χ1v) is 9.36. The summed E-state index contributed by atoms with van der Waals surface area (Å²) >= 11 is 0. The summed E-state index contributed by atoms with van der Waals surface area (Å²) in [4.78, 5) is 20.1. The molecule has 0 amide bonds. The van der Waals surface area contributed by atoms with Crippen molar-refractivity contribution in [3.8, 4) is 0 Å². The Labute approximate surface area is 162 Å². The minimum atomic E-state index is -1.07. The van der Waals surface area contributed by atoms with Crippen molar-refractivity contribution in [3.05, 3.63) is 59.5 Å². The van der Waals surface area contributed by atoms with Crippen molar-refractivity contribution in [1.29, 1.82) is 0 Å². The van der Waals surface area contributed by atoms with Crippen LogP contribution in [0.25, 0.3) is 0 Å². The zero-order valence-corrected chi connectivity index (χ0v) is 15.6. The predicted molar refractivity (Wildman–Crippen MR) is 106 cm³/mol. The van der Waals surface area contributed by atoms with Gasteiger partial charge in [0.05, 0.1) is 17.9 Å². The van der Waals surface area contributed by atoms with Gasteiger partial charge in [0.2, 0.25) is 5.95 Å². The number of aryl methyl sites for hydroxylation is 1. The van der Waals surface area contributed by atoms with Crippen LogP contribution in [-0.2, 0) is 13.0 Å². The highest BCUT2D eigenvalue weighted by Gasteiger charge is 2.24. The Morgan fingerprint density at radius 1 is 1.25 bits per heavy atom. The average Bonchev–Trinajstić information content (AvgIpc) is 3.46. The van der Waals surface area contributed by atoms with E-state index in [1.165, 1.54) is 11.8 Å². The molecule has 0 radical (unpaired) electrons. The van der Waals surface area contributed by atoms with Crippen molar-refractivity contribution in [1.82, 2.24) is 19.7 Å². The first-order valence-electron chi connectivity index (χ1n) is 9.36. The normalized spacial score (nSPS) is 13.3. The predicted octanol–water partition coefficient (Wildman–Crippen LogP) is 3.62. The van der Waals surface area contributed by atoms with E-state index in [9.17, 15) is 9.90 Å². The highest BCUT2D eigenvalue weighted by Crippen LogP contribution is 2.34. The summed E-state index contributed by atoms with van der Waals surface area (Å²) in [6.45, 7) is 2.58. The number of benzene rings is 1. The monoisotopic (exact) mass is 378 g/mol. The number of carbonyl (C=O) groups is 1. The molecule has 28 heavy (non-hydrogen) atoms. The molecule has 0 spiro atoms. The number of hydrogen-bond donors (Lipinski definition) is 3. The molecule has 8 heteroatoms. The maximum atomic E-state index is 11.6. The van der Waals surface area contributed by atoms with E-state index in [1.54, 1.807) is 6.20 Å². The number of aromatic nitrogens is 4. The molecule has 0 saturated heterocycles. The second kappa shape index (κ2) is 7.67. The molecule has 1 saturated carbocycles. The number of nitrogens with one attached hydrogen (secondary N) is 2.